The summed E-state index contributed by atoms with van der Waals surface area (Å²) in [6.45, 7) is 3.90. The average molecular weight is 325 g/mol. The number of fused-ring (bicyclic) bond motifs is 1. The second kappa shape index (κ2) is 6.72. The van der Waals surface area contributed by atoms with Crippen LogP contribution in [0.5, 0.6) is 0 Å². The first-order valence-corrected chi connectivity index (χ1v) is 8.03. The molecule has 7 nitrogen and oxygen atoms in total. The van der Waals surface area contributed by atoms with Crippen molar-refractivity contribution in [3.05, 3.63) is 11.4 Å². The van der Waals surface area contributed by atoms with Crippen LogP contribution in [0.25, 0.3) is 10.2 Å². The lowest BCUT2D eigenvalue weighted by Crippen LogP contribution is -2.42. The number of hydrogen-bond donors (Lipinski definition) is 3. The fraction of sp³-hybridized carbons (Fsp3) is 0.333. The molecule has 0 aliphatic rings. The minimum atomic E-state index is -0.510. The Morgan fingerprint density at radius 2 is 2.24 bits per heavy atom. The third-order valence-electron chi connectivity index (χ3n) is 2.56. The van der Waals surface area contributed by atoms with E-state index in [2.05, 4.69) is 20.6 Å². The smallest absolute Gasteiger partial charge is 0.321 e. The summed E-state index contributed by atoms with van der Waals surface area (Å²) in [5.41, 5.74) is 5.85. The van der Waals surface area contributed by atoms with E-state index < -0.39 is 17.2 Å². The van der Waals surface area contributed by atoms with E-state index in [1.807, 2.05) is 11.4 Å². The maximum Gasteiger partial charge on any atom is 0.321 e. The second-order valence-electron chi connectivity index (χ2n) is 4.14. The second-order valence-corrected chi connectivity index (χ2v) is 6.34. The molecule has 21 heavy (non-hydrogen) atoms. The molecule has 0 bridgehead atoms. The number of amides is 3. The van der Waals surface area contributed by atoms with Crippen LogP contribution in [-0.4, -0.2) is 33.7 Å². The average Bonchev–Trinajstić information content (AvgIpc) is 2.87. The van der Waals surface area contributed by atoms with Crippen molar-refractivity contribution in [2.75, 3.05) is 12.3 Å². The summed E-state index contributed by atoms with van der Waals surface area (Å²) in [6.07, 6.45) is 0. The molecule has 0 aliphatic carbocycles. The highest BCUT2D eigenvalue weighted by Gasteiger charge is 2.19. The SMILES string of the molecule is CCNC(=O)NC(=O)[C@@H](C)Sc1nc(N)c2ccsc2n1. The van der Waals surface area contributed by atoms with Crippen LogP contribution in [0, 0.1) is 0 Å². The fourth-order valence-electron chi connectivity index (χ4n) is 1.54. The predicted molar refractivity (Wildman–Crippen MR) is 84.4 cm³/mol. The summed E-state index contributed by atoms with van der Waals surface area (Å²) in [6, 6.07) is 1.35. The maximum absolute atomic E-state index is 11.9. The summed E-state index contributed by atoms with van der Waals surface area (Å²) in [7, 11) is 0. The fourth-order valence-corrected chi connectivity index (χ4v) is 3.15. The number of nitrogens with zero attached hydrogens (tertiary/aromatic N) is 2. The Hall–Kier alpha value is -1.87. The standard InChI is InChI=1S/C12H15N5O2S2/c1-3-14-11(19)16-9(18)6(2)21-12-15-8(13)7-4-5-20-10(7)17-12/h4-6H,3H2,1-2H3,(H2,13,15,17)(H2,14,16,18,19)/t6-/m1/s1. The van der Waals surface area contributed by atoms with Gasteiger partial charge in [0.15, 0.2) is 5.16 Å². The van der Waals surface area contributed by atoms with E-state index in [4.69, 9.17) is 5.73 Å². The van der Waals surface area contributed by atoms with Crippen LogP contribution in [0.4, 0.5) is 10.6 Å². The maximum atomic E-state index is 11.9. The molecule has 0 unspecified atom stereocenters. The van der Waals surface area contributed by atoms with Crippen LogP contribution >= 0.6 is 23.1 Å². The van der Waals surface area contributed by atoms with Gasteiger partial charge >= 0.3 is 6.03 Å². The van der Waals surface area contributed by atoms with Crippen molar-refractivity contribution in [3.63, 3.8) is 0 Å². The van der Waals surface area contributed by atoms with Crippen molar-refractivity contribution < 1.29 is 9.59 Å². The number of carbonyl (C=O) groups excluding carboxylic acids is 2. The van der Waals surface area contributed by atoms with Crippen molar-refractivity contribution in [1.29, 1.82) is 0 Å². The largest absolute Gasteiger partial charge is 0.383 e. The minimum Gasteiger partial charge on any atom is -0.383 e. The molecule has 2 aromatic heterocycles. The molecule has 1 atom stereocenters. The van der Waals surface area contributed by atoms with Gasteiger partial charge in [-0.1, -0.05) is 11.8 Å². The lowest BCUT2D eigenvalue weighted by atomic mass is 10.4. The Kier molecular flexibility index (Phi) is 4.97. The number of hydrogen-bond acceptors (Lipinski definition) is 7. The highest BCUT2D eigenvalue weighted by atomic mass is 32.2. The zero-order valence-corrected chi connectivity index (χ0v) is 13.2. The molecule has 2 rings (SSSR count). The van der Waals surface area contributed by atoms with Gasteiger partial charge in [-0.2, -0.15) is 0 Å². The highest BCUT2D eigenvalue weighted by molar-refractivity contribution is 8.00. The molecule has 9 heteroatoms. The zero-order chi connectivity index (χ0) is 15.4. The van der Waals surface area contributed by atoms with E-state index in [9.17, 15) is 9.59 Å². The number of anilines is 1. The lowest BCUT2D eigenvalue weighted by Gasteiger charge is -2.10. The summed E-state index contributed by atoms with van der Waals surface area (Å²) in [4.78, 5) is 32.4. The predicted octanol–water partition coefficient (Wildman–Crippen LogP) is 1.60. The van der Waals surface area contributed by atoms with Crippen LogP contribution in [-0.2, 0) is 4.79 Å². The van der Waals surface area contributed by atoms with Gasteiger partial charge in [-0.3, -0.25) is 10.1 Å². The normalized spacial score (nSPS) is 12.1. The molecular weight excluding hydrogens is 310 g/mol. The molecule has 0 spiro atoms. The molecule has 0 aliphatic heterocycles. The van der Waals surface area contributed by atoms with Crippen LogP contribution < -0.4 is 16.4 Å². The Labute approximate surface area is 129 Å². The molecule has 3 amide bonds. The molecule has 2 heterocycles. The van der Waals surface area contributed by atoms with Gasteiger partial charge in [0.2, 0.25) is 5.91 Å². The Morgan fingerprint density at radius 3 is 2.95 bits per heavy atom. The summed E-state index contributed by atoms with van der Waals surface area (Å²) in [5.74, 6) is -0.0144. The van der Waals surface area contributed by atoms with Gasteiger partial charge in [0.25, 0.3) is 0 Å². The third-order valence-corrected chi connectivity index (χ3v) is 4.33. The topological polar surface area (TPSA) is 110 Å². The van der Waals surface area contributed by atoms with Crippen molar-refractivity contribution in [3.8, 4) is 0 Å². The highest BCUT2D eigenvalue weighted by Crippen LogP contribution is 2.27. The van der Waals surface area contributed by atoms with Gasteiger partial charge < -0.3 is 11.1 Å². The molecule has 4 N–H and O–H groups in total. The van der Waals surface area contributed by atoms with E-state index in [1.54, 1.807) is 13.8 Å². The Bertz CT molecular complexity index is 673. The molecule has 0 aromatic carbocycles. The van der Waals surface area contributed by atoms with Crippen molar-refractivity contribution in [1.82, 2.24) is 20.6 Å². The first kappa shape index (κ1) is 15.5. The number of imide groups is 1. The molecule has 0 radical (unpaired) electrons. The number of nitrogen functional groups attached to an aromatic ring is 1. The van der Waals surface area contributed by atoms with Crippen molar-refractivity contribution in [2.24, 2.45) is 0 Å². The Balaban J connectivity index is 2.05. The summed E-state index contributed by atoms with van der Waals surface area (Å²) in [5, 5.41) is 7.35. The van der Waals surface area contributed by atoms with E-state index in [0.717, 1.165) is 22.0 Å². The number of thioether (sulfide) groups is 1. The van der Waals surface area contributed by atoms with Gasteiger partial charge in [0.1, 0.15) is 10.6 Å². The first-order chi connectivity index (χ1) is 10.0. The van der Waals surface area contributed by atoms with E-state index in [1.165, 1.54) is 11.3 Å². The zero-order valence-electron chi connectivity index (χ0n) is 11.5. The van der Waals surface area contributed by atoms with E-state index >= 15 is 0 Å². The quantitative estimate of drug-likeness (QED) is 0.582. The monoisotopic (exact) mass is 325 g/mol. The Morgan fingerprint density at radius 1 is 1.48 bits per heavy atom. The van der Waals surface area contributed by atoms with Crippen LogP contribution in [0.3, 0.4) is 0 Å². The lowest BCUT2D eigenvalue weighted by molar-refractivity contribution is -0.119. The van der Waals surface area contributed by atoms with Gasteiger partial charge in [-0.25, -0.2) is 14.8 Å². The number of nitrogens with two attached hydrogens (primary N) is 1. The van der Waals surface area contributed by atoms with Crippen LogP contribution in [0.1, 0.15) is 13.8 Å². The molecule has 0 fully saturated rings. The van der Waals surface area contributed by atoms with Crippen molar-refractivity contribution >= 4 is 51.1 Å². The molecule has 112 valence electrons. The summed E-state index contributed by atoms with van der Waals surface area (Å²) >= 11 is 2.62. The number of rotatable bonds is 4. The van der Waals surface area contributed by atoms with Gasteiger partial charge in [0, 0.05) is 6.54 Å². The number of aromatic nitrogens is 2. The van der Waals surface area contributed by atoms with Gasteiger partial charge in [-0.05, 0) is 25.3 Å². The van der Waals surface area contributed by atoms with Gasteiger partial charge in [0.05, 0.1) is 10.6 Å². The molecular formula is C12H15N5O2S2. The summed E-state index contributed by atoms with van der Waals surface area (Å²) < 4.78 is 0. The van der Waals surface area contributed by atoms with Crippen molar-refractivity contribution in [2.45, 2.75) is 24.3 Å². The van der Waals surface area contributed by atoms with Gasteiger partial charge in [-0.15, -0.1) is 11.3 Å². The molecule has 0 saturated carbocycles. The van der Waals surface area contributed by atoms with E-state index in [0.29, 0.717) is 17.5 Å². The molecule has 2 aromatic rings. The number of carbonyl (C=O) groups is 2. The molecule has 0 saturated heterocycles. The number of urea groups is 1. The van der Waals surface area contributed by atoms with Crippen LogP contribution in [0.15, 0.2) is 16.6 Å². The minimum absolute atomic E-state index is 0.389. The first-order valence-electron chi connectivity index (χ1n) is 6.27. The van der Waals surface area contributed by atoms with Crippen LogP contribution in [0.2, 0.25) is 0 Å². The number of nitrogens with one attached hydrogen (secondary N) is 2. The number of thiophene rings is 1. The third kappa shape index (κ3) is 3.82. The van der Waals surface area contributed by atoms with E-state index in [-0.39, 0.29) is 0 Å².